The van der Waals surface area contributed by atoms with Crippen molar-refractivity contribution in [1.82, 2.24) is 0 Å². The van der Waals surface area contributed by atoms with Crippen LogP contribution in [0.3, 0.4) is 0 Å². The smallest absolute Gasteiger partial charge is 0.162 e. The largest absolute Gasteiger partial charge is 0.399 e. The van der Waals surface area contributed by atoms with Crippen molar-refractivity contribution in [2.45, 2.75) is 0 Å². The summed E-state index contributed by atoms with van der Waals surface area (Å²) in [5, 5.41) is 0.868. The zero-order valence-corrected chi connectivity index (χ0v) is 7.60. The molecule has 1 aromatic heterocycles. The SMILES string of the molecule is Nc1ccc2sc(C=O)c(N)c2c1. The fourth-order valence-electron chi connectivity index (χ4n) is 1.24. The maximum Gasteiger partial charge on any atom is 0.162 e. The minimum Gasteiger partial charge on any atom is -0.399 e. The molecule has 3 nitrogen and oxygen atoms in total. The van der Waals surface area contributed by atoms with Gasteiger partial charge in [-0.15, -0.1) is 11.3 Å². The van der Waals surface area contributed by atoms with Crippen LogP contribution in [-0.2, 0) is 0 Å². The average molecular weight is 192 g/mol. The molecule has 0 saturated heterocycles. The summed E-state index contributed by atoms with van der Waals surface area (Å²) in [6.07, 6.45) is 0.774. The highest BCUT2D eigenvalue weighted by Gasteiger charge is 2.07. The first-order valence-corrected chi connectivity index (χ1v) is 4.56. The van der Waals surface area contributed by atoms with Crippen molar-refractivity contribution >= 4 is 39.1 Å². The van der Waals surface area contributed by atoms with Crippen molar-refractivity contribution in [2.24, 2.45) is 0 Å². The van der Waals surface area contributed by atoms with Crippen LogP contribution in [0.2, 0.25) is 0 Å². The third-order valence-corrected chi connectivity index (χ3v) is 3.00. The molecule has 4 heteroatoms. The van der Waals surface area contributed by atoms with Crippen molar-refractivity contribution in [3.05, 3.63) is 23.1 Å². The summed E-state index contributed by atoms with van der Waals surface area (Å²) < 4.78 is 0.994. The van der Waals surface area contributed by atoms with Crippen LogP contribution >= 0.6 is 11.3 Å². The number of aldehydes is 1. The number of hydrogen-bond acceptors (Lipinski definition) is 4. The molecule has 0 atom stereocenters. The van der Waals surface area contributed by atoms with Gasteiger partial charge < -0.3 is 11.5 Å². The first-order valence-electron chi connectivity index (χ1n) is 3.75. The van der Waals surface area contributed by atoms with Gasteiger partial charge in [0.1, 0.15) is 0 Å². The van der Waals surface area contributed by atoms with Gasteiger partial charge in [0.2, 0.25) is 0 Å². The molecular weight excluding hydrogens is 184 g/mol. The minimum absolute atomic E-state index is 0.530. The molecule has 0 bridgehead atoms. The quantitative estimate of drug-likeness (QED) is 0.535. The van der Waals surface area contributed by atoms with Crippen LogP contribution in [0, 0.1) is 0 Å². The Morgan fingerprint density at radius 1 is 1.31 bits per heavy atom. The van der Waals surface area contributed by atoms with Crippen molar-refractivity contribution in [2.75, 3.05) is 11.5 Å². The second-order valence-corrected chi connectivity index (χ2v) is 3.84. The van der Waals surface area contributed by atoms with Crippen LogP contribution < -0.4 is 11.5 Å². The van der Waals surface area contributed by atoms with Crippen LogP contribution in [-0.4, -0.2) is 6.29 Å². The highest BCUT2D eigenvalue weighted by atomic mass is 32.1. The van der Waals surface area contributed by atoms with Gasteiger partial charge in [0.25, 0.3) is 0 Å². The molecule has 1 aromatic carbocycles. The summed E-state index contributed by atoms with van der Waals surface area (Å²) in [6, 6.07) is 5.46. The molecule has 0 aliphatic heterocycles. The zero-order valence-electron chi connectivity index (χ0n) is 6.78. The first-order chi connectivity index (χ1) is 6.22. The number of anilines is 2. The topological polar surface area (TPSA) is 69.1 Å². The van der Waals surface area contributed by atoms with Crippen LogP contribution in [0.25, 0.3) is 10.1 Å². The Hall–Kier alpha value is -1.55. The average Bonchev–Trinajstić information content (AvgIpc) is 2.44. The number of fused-ring (bicyclic) bond motifs is 1. The van der Waals surface area contributed by atoms with Crippen LogP contribution in [0.5, 0.6) is 0 Å². The number of carbonyl (C=O) groups is 1. The molecule has 0 aliphatic carbocycles. The molecule has 0 aliphatic rings. The molecule has 0 spiro atoms. The van der Waals surface area contributed by atoms with E-state index in [-0.39, 0.29) is 0 Å². The van der Waals surface area contributed by atoms with E-state index in [9.17, 15) is 4.79 Å². The van der Waals surface area contributed by atoms with Gasteiger partial charge in [-0.2, -0.15) is 0 Å². The maximum atomic E-state index is 10.6. The number of nitrogens with two attached hydrogens (primary N) is 2. The highest BCUT2D eigenvalue weighted by molar-refractivity contribution is 7.21. The lowest BCUT2D eigenvalue weighted by molar-refractivity contribution is 0.112. The highest BCUT2D eigenvalue weighted by Crippen LogP contribution is 2.33. The van der Waals surface area contributed by atoms with Gasteiger partial charge >= 0.3 is 0 Å². The lowest BCUT2D eigenvalue weighted by atomic mass is 10.2. The summed E-state index contributed by atoms with van der Waals surface area (Å²) in [4.78, 5) is 11.2. The molecule has 0 amide bonds. The second-order valence-electron chi connectivity index (χ2n) is 2.75. The van der Waals surface area contributed by atoms with E-state index < -0.39 is 0 Å². The molecule has 0 saturated carbocycles. The van der Waals surface area contributed by atoms with E-state index in [1.807, 2.05) is 6.07 Å². The van der Waals surface area contributed by atoms with Gasteiger partial charge in [-0.25, -0.2) is 0 Å². The van der Waals surface area contributed by atoms with Crippen LogP contribution in [0.4, 0.5) is 11.4 Å². The van der Waals surface area contributed by atoms with E-state index in [1.54, 1.807) is 12.1 Å². The zero-order chi connectivity index (χ0) is 9.42. The molecule has 66 valence electrons. The van der Waals surface area contributed by atoms with E-state index in [2.05, 4.69) is 0 Å². The van der Waals surface area contributed by atoms with Crippen molar-refractivity contribution in [1.29, 1.82) is 0 Å². The summed E-state index contributed by atoms with van der Waals surface area (Å²) in [6.45, 7) is 0. The van der Waals surface area contributed by atoms with Crippen LogP contribution in [0.15, 0.2) is 18.2 Å². The molecule has 2 aromatic rings. The van der Waals surface area contributed by atoms with Crippen molar-refractivity contribution in [3.63, 3.8) is 0 Å². The van der Waals surface area contributed by atoms with Crippen molar-refractivity contribution < 1.29 is 4.79 Å². The van der Waals surface area contributed by atoms with Gasteiger partial charge in [0.05, 0.1) is 10.6 Å². The molecule has 4 N–H and O–H groups in total. The Morgan fingerprint density at radius 2 is 2.08 bits per heavy atom. The summed E-state index contributed by atoms with van der Waals surface area (Å²) in [5.74, 6) is 0. The Balaban J connectivity index is 2.84. The van der Waals surface area contributed by atoms with E-state index in [0.717, 1.165) is 16.4 Å². The van der Waals surface area contributed by atoms with E-state index in [0.29, 0.717) is 16.3 Å². The number of hydrogen-bond donors (Lipinski definition) is 2. The molecule has 2 rings (SSSR count). The number of thiophene rings is 1. The molecule has 1 heterocycles. The maximum absolute atomic E-state index is 10.6. The molecule has 0 radical (unpaired) electrons. The van der Waals surface area contributed by atoms with E-state index in [1.165, 1.54) is 11.3 Å². The fourth-order valence-corrected chi connectivity index (χ4v) is 2.16. The Kier molecular flexibility index (Phi) is 1.70. The normalized spacial score (nSPS) is 10.5. The summed E-state index contributed by atoms with van der Waals surface area (Å²) in [5.41, 5.74) is 12.5. The van der Waals surface area contributed by atoms with E-state index in [4.69, 9.17) is 11.5 Å². The molecule has 0 fully saturated rings. The van der Waals surface area contributed by atoms with Gasteiger partial charge in [-0.1, -0.05) is 0 Å². The predicted octanol–water partition coefficient (Wildman–Crippen LogP) is 1.88. The second kappa shape index (κ2) is 2.74. The Labute approximate surface area is 79.0 Å². The lowest BCUT2D eigenvalue weighted by Gasteiger charge is -1.93. The fraction of sp³-hybridized carbons (Fsp3) is 0. The standard InChI is InChI=1S/C9H8N2OS/c10-5-1-2-7-6(3-5)9(11)8(4-12)13-7/h1-4H,10-11H2. The van der Waals surface area contributed by atoms with Gasteiger partial charge in [-0.3, -0.25) is 4.79 Å². The first kappa shape index (κ1) is 8.07. The molecule has 13 heavy (non-hydrogen) atoms. The third kappa shape index (κ3) is 1.15. The third-order valence-electron chi connectivity index (χ3n) is 1.89. The Bertz CT molecular complexity index is 476. The number of nitrogen functional groups attached to an aromatic ring is 2. The molecule has 0 unspecified atom stereocenters. The summed E-state index contributed by atoms with van der Waals surface area (Å²) in [7, 11) is 0. The van der Waals surface area contributed by atoms with Crippen LogP contribution in [0.1, 0.15) is 9.67 Å². The van der Waals surface area contributed by atoms with Gasteiger partial charge in [0.15, 0.2) is 6.29 Å². The number of rotatable bonds is 1. The monoisotopic (exact) mass is 192 g/mol. The number of carbonyl (C=O) groups excluding carboxylic acids is 1. The minimum atomic E-state index is 0.530. The summed E-state index contributed by atoms with van der Waals surface area (Å²) >= 11 is 1.38. The molecular formula is C9H8N2OS. The Morgan fingerprint density at radius 3 is 2.77 bits per heavy atom. The van der Waals surface area contributed by atoms with E-state index >= 15 is 0 Å². The van der Waals surface area contributed by atoms with Gasteiger partial charge in [0, 0.05) is 15.8 Å². The van der Waals surface area contributed by atoms with Gasteiger partial charge in [-0.05, 0) is 18.2 Å². The predicted molar refractivity (Wildman–Crippen MR) is 56.0 cm³/mol. The lowest BCUT2D eigenvalue weighted by Crippen LogP contribution is -1.88. The number of benzene rings is 1. The van der Waals surface area contributed by atoms with Crippen molar-refractivity contribution in [3.8, 4) is 0 Å².